The Hall–Kier alpha value is -1.04. The zero-order chi connectivity index (χ0) is 15.0. The number of methoxy groups -OCH3 is 1. The highest BCUT2D eigenvalue weighted by atomic mass is 79.9. The maximum absolute atomic E-state index is 6.49. The summed E-state index contributed by atoms with van der Waals surface area (Å²) in [5.74, 6) is 1.68. The van der Waals surface area contributed by atoms with Crippen molar-refractivity contribution in [2.45, 2.75) is 12.5 Å². The molecule has 0 saturated carbocycles. The molecule has 2 N–H and O–H groups in total. The van der Waals surface area contributed by atoms with E-state index in [1.165, 1.54) is 5.56 Å². The number of hydrogen-bond donors (Lipinski definition) is 1. The van der Waals surface area contributed by atoms with Gasteiger partial charge in [0.2, 0.25) is 0 Å². The van der Waals surface area contributed by atoms with Gasteiger partial charge in [0.1, 0.15) is 11.5 Å². The van der Waals surface area contributed by atoms with Crippen molar-refractivity contribution in [2.24, 2.45) is 5.73 Å². The molecule has 0 fully saturated rings. The first-order valence-electron chi connectivity index (χ1n) is 6.64. The number of fused-ring (bicyclic) bond motifs is 1. The number of ether oxygens (including phenoxy) is 2. The molecule has 3 rings (SSSR count). The molecule has 2 aromatic rings. The maximum Gasteiger partial charge on any atom is 0.127 e. The molecule has 1 aliphatic rings. The highest BCUT2D eigenvalue weighted by molar-refractivity contribution is 9.10. The van der Waals surface area contributed by atoms with E-state index in [1.54, 1.807) is 7.11 Å². The topological polar surface area (TPSA) is 44.5 Å². The molecular weight excluding hydrogens is 398 g/mol. The predicted molar refractivity (Wildman–Crippen MR) is 90.1 cm³/mol. The lowest BCUT2D eigenvalue weighted by Crippen LogP contribution is -2.14. The van der Waals surface area contributed by atoms with Gasteiger partial charge in [-0.25, -0.2) is 0 Å². The number of hydrogen-bond acceptors (Lipinski definition) is 3. The third-order valence-electron chi connectivity index (χ3n) is 3.64. The van der Waals surface area contributed by atoms with Crippen LogP contribution in [0.25, 0.3) is 0 Å². The van der Waals surface area contributed by atoms with Gasteiger partial charge in [0.05, 0.1) is 19.8 Å². The van der Waals surface area contributed by atoms with Crippen LogP contribution >= 0.6 is 31.9 Å². The van der Waals surface area contributed by atoms with E-state index < -0.39 is 0 Å². The van der Waals surface area contributed by atoms with Crippen molar-refractivity contribution in [3.63, 3.8) is 0 Å². The third-order valence-corrected chi connectivity index (χ3v) is 4.59. The molecule has 3 nitrogen and oxygen atoms in total. The van der Waals surface area contributed by atoms with Gasteiger partial charge in [-0.1, -0.05) is 37.9 Å². The summed E-state index contributed by atoms with van der Waals surface area (Å²) in [6.45, 7) is 0.711. The zero-order valence-corrected chi connectivity index (χ0v) is 14.7. The van der Waals surface area contributed by atoms with Crippen molar-refractivity contribution in [1.29, 1.82) is 0 Å². The summed E-state index contributed by atoms with van der Waals surface area (Å²) in [7, 11) is 1.65. The molecule has 1 heterocycles. The molecule has 21 heavy (non-hydrogen) atoms. The van der Waals surface area contributed by atoms with Crippen molar-refractivity contribution in [1.82, 2.24) is 0 Å². The van der Waals surface area contributed by atoms with E-state index in [-0.39, 0.29) is 6.04 Å². The summed E-state index contributed by atoms with van der Waals surface area (Å²) in [5, 5.41) is 0. The van der Waals surface area contributed by atoms with Crippen molar-refractivity contribution in [3.05, 3.63) is 56.0 Å². The highest BCUT2D eigenvalue weighted by Gasteiger charge is 2.24. The van der Waals surface area contributed by atoms with Crippen LogP contribution in [0.15, 0.2) is 39.3 Å². The van der Waals surface area contributed by atoms with Gasteiger partial charge < -0.3 is 15.2 Å². The fourth-order valence-electron chi connectivity index (χ4n) is 2.64. The van der Waals surface area contributed by atoms with E-state index >= 15 is 0 Å². The standard InChI is InChI=1S/C16H15Br2NO2/c1-20-14-8-10(17)2-3-12(14)15(19)13-7-11(18)6-9-4-5-21-16(9)13/h2-3,6-8,15H,4-5,19H2,1H3. The van der Waals surface area contributed by atoms with Crippen LogP contribution in [0.2, 0.25) is 0 Å². The van der Waals surface area contributed by atoms with Crippen LogP contribution in [-0.4, -0.2) is 13.7 Å². The van der Waals surface area contributed by atoms with Crippen LogP contribution in [0.3, 0.4) is 0 Å². The van der Waals surface area contributed by atoms with E-state index in [0.717, 1.165) is 38.0 Å². The number of halogens is 2. The Labute approximate surface area is 140 Å². The second-order valence-corrected chi connectivity index (χ2v) is 6.78. The third kappa shape index (κ3) is 2.82. The van der Waals surface area contributed by atoms with Crippen LogP contribution in [0.4, 0.5) is 0 Å². The summed E-state index contributed by atoms with van der Waals surface area (Å²) in [4.78, 5) is 0. The number of nitrogens with two attached hydrogens (primary N) is 1. The van der Waals surface area contributed by atoms with Gasteiger partial charge in [-0.05, 0) is 29.8 Å². The van der Waals surface area contributed by atoms with Gasteiger partial charge in [-0.3, -0.25) is 0 Å². The zero-order valence-electron chi connectivity index (χ0n) is 11.5. The van der Waals surface area contributed by atoms with Gasteiger partial charge in [0.15, 0.2) is 0 Å². The highest BCUT2D eigenvalue weighted by Crippen LogP contribution is 2.40. The molecular formula is C16H15Br2NO2. The van der Waals surface area contributed by atoms with Crippen LogP contribution in [0.5, 0.6) is 11.5 Å². The Morgan fingerprint density at radius 1 is 1.14 bits per heavy atom. The normalized spacial score (nSPS) is 14.5. The summed E-state index contributed by atoms with van der Waals surface area (Å²) in [5.41, 5.74) is 9.61. The fraction of sp³-hybridized carbons (Fsp3) is 0.250. The fourth-order valence-corrected chi connectivity index (χ4v) is 3.50. The molecule has 0 aliphatic carbocycles. The van der Waals surface area contributed by atoms with E-state index in [9.17, 15) is 0 Å². The average Bonchev–Trinajstić information content (AvgIpc) is 2.93. The van der Waals surface area contributed by atoms with Crippen molar-refractivity contribution >= 4 is 31.9 Å². The van der Waals surface area contributed by atoms with Gasteiger partial charge in [-0.15, -0.1) is 0 Å². The van der Waals surface area contributed by atoms with Gasteiger partial charge >= 0.3 is 0 Å². The Balaban J connectivity index is 2.09. The lowest BCUT2D eigenvalue weighted by Gasteiger charge is -2.19. The Kier molecular flexibility index (Phi) is 4.24. The predicted octanol–water partition coefficient (Wildman–Crippen LogP) is 4.20. The van der Waals surface area contributed by atoms with Crippen molar-refractivity contribution < 1.29 is 9.47 Å². The average molecular weight is 413 g/mol. The quantitative estimate of drug-likeness (QED) is 0.821. The first kappa shape index (κ1) is 14.9. The van der Waals surface area contributed by atoms with E-state index in [1.807, 2.05) is 24.3 Å². The first-order valence-corrected chi connectivity index (χ1v) is 8.23. The Morgan fingerprint density at radius 2 is 1.95 bits per heavy atom. The Morgan fingerprint density at radius 3 is 2.71 bits per heavy atom. The van der Waals surface area contributed by atoms with E-state index in [0.29, 0.717) is 6.61 Å². The van der Waals surface area contributed by atoms with Crippen molar-refractivity contribution in [2.75, 3.05) is 13.7 Å². The van der Waals surface area contributed by atoms with Crippen LogP contribution in [0.1, 0.15) is 22.7 Å². The second kappa shape index (κ2) is 5.99. The summed E-state index contributed by atoms with van der Waals surface area (Å²) < 4.78 is 13.2. The molecule has 5 heteroatoms. The summed E-state index contributed by atoms with van der Waals surface area (Å²) in [6, 6.07) is 9.70. The van der Waals surface area contributed by atoms with Crippen molar-refractivity contribution in [3.8, 4) is 11.5 Å². The minimum absolute atomic E-state index is 0.294. The molecule has 0 aromatic heterocycles. The van der Waals surface area contributed by atoms with E-state index in [2.05, 4.69) is 37.9 Å². The molecule has 1 aliphatic heterocycles. The molecule has 0 radical (unpaired) electrons. The van der Waals surface area contributed by atoms with Gasteiger partial charge in [0.25, 0.3) is 0 Å². The minimum atomic E-state index is -0.294. The molecule has 0 amide bonds. The number of rotatable bonds is 3. The SMILES string of the molecule is COc1cc(Br)ccc1C(N)c1cc(Br)cc2c1OCC2. The molecule has 1 unspecified atom stereocenters. The monoisotopic (exact) mass is 411 g/mol. The molecule has 2 aromatic carbocycles. The smallest absolute Gasteiger partial charge is 0.127 e. The summed E-state index contributed by atoms with van der Waals surface area (Å²) in [6.07, 6.45) is 0.923. The molecule has 0 saturated heterocycles. The van der Waals surface area contributed by atoms with Crippen LogP contribution < -0.4 is 15.2 Å². The van der Waals surface area contributed by atoms with E-state index in [4.69, 9.17) is 15.2 Å². The molecule has 1 atom stereocenters. The van der Waals surface area contributed by atoms with Gasteiger partial charge in [-0.2, -0.15) is 0 Å². The lowest BCUT2D eigenvalue weighted by molar-refractivity contribution is 0.351. The Bertz CT molecular complexity index is 688. The largest absolute Gasteiger partial charge is 0.496 e. The summed E-state index contributed by atoms with van der Waals surface area (Å²) >= 11 is 7.00. The first-order chi connectivity index (χ1) is 10.1. The molecule has 110 valence electrons. The lowest BCUT2D eigenvalue weighted by atomic mass is 9.96. The molecule has 0 bridgehead atoms. The minimum Gasteiger partial charge on any atom is -0.496 e. The van der Waals surface area contributed by atoms with Crippen LogP contribution in [-0.2, 0) is 6.42 Å². The van der Waals surface area contributed by atoms with Crippen LogP contribution in [0, 0.1) is 0 Å². The molecule has 0 spiro atoms. The second-order valence-electron chi connectivity index (χ2n) is 4.95. The maximum atomic E-state index is 6.49. The van der Waals surface area contributed by atoms with Gasteiger partial charge in [0, 0.05) is 26.5 Å². The number of benzene rings is 2.